The number of halogens is 1. The quantitative estimate of drug-likeness (QED) is 0.666. The summed E-state index contributed by atoms with van der Waals surface area (Å²) in [6.45, 7) is 0. The highest BCUT2D eigenvalue weighted by molar-refractivity contribution is 7.15. The fourth-order valence-corrected chi connectivity index (χ4v) is 2.57. The summed E-state index contributed by atoms with van der Waals surface area (Å²) in [6.07, 6.45) is 3.12. The summed E-state index contributed by atoms with van der Waals surface area (Å²) in [4.78, 5) is 16.5. The normalized spacial score (nSPS) is 12.4. The van der Waals surface area contributed by atoms with E-state index in [1.807, 2.05) is 18.2 Å². The lowest BCUT2D eigenvalue weighted by atomic mass is 10.2. The summed E-state index contributed by atoms with van der Waals surface area (Å²) in [6, 6.07) is 7.37. The van der Waals surface area contributed by atoms with Crippen molar-refractivity contribution in [1.82, 2.24) is 14.6 Å². The van der Waals surface area contributed by atoms with Gasteiger partial charge < -0.3 is 0 Å². The van der Waals surface area contributed by atoms with Gasteiger partial charge in [0.05, 0.1) is 4.53 Å². The molecule has 0 aliphatic rings. The molecule has 3 rings (SSSR count). The van der Waals surface area contributed by atoms with Crippen LogP contribution in [-0.2, 0) is 0 Å². The Morgan fingerprint density at radius 2 is 2.18 bits per heavy atom. The molecule has 0 saturated carbocycles. The van der Waals surface area contributed by atoms with Crippen LogP contribution in [0.15, 0.2) is 35.4 Å². The van der Waals surface area contributed by atoms with Gasteiger partial charge in [0.1, 0.15) is 6.33 Å². The second kappa shape index (κ2) is 3.94. The van der Waals surface area contributed by atoms with Crippen molar-refractivity contribution < 1.29 is 0 Å². The number of benzene rings is 1. The van der Waals surface area contributed by atoms with Gasteiger partial charge in [-0.1, -0.05) is 41.1 Å². The fourth-order valence-electron chi connectivity index (χ4n) is 1.51. The van der Waals surface area contributed by atoms with E-state index in [-0.39, 0.29) is 5.56 Å². The number of hydrogen-bond donors (Lipinski definition) is 0. The van der Waals surface area contributed by atoms with Crippen LogP contribution in [0.5, 0.6) is 0 Å². The molecule has 6 heteroatoms. The van der Waals surface area contributed by atoms with Crippen LogP contribution in [-0.4, -0.2) is 14.6 Å². The highest BCUT2D eigenvalue weighted by Gasteiger charge is 2.05. The fraction of sp³-hybridized carbons (Fsp3) is 0. The van der Waals surface area contributed by atoms with E-state index in [4.69, 9.17) is 11.6 Å². The Kier molecular flexibility index (Phi) is 2.42. The average molecular weight is 264 g/mol. The van der Waals surface area contributed by atoms with Crippen molar-refractivity contribution in [3.05, 3.63) is 56.1 Å². The zero-order chi connectivity index (χ0) is 11.8. The lowest BCUT2D eigenvalue weighted by Crippen LogP contribution is -2.23. The van der Waals surface area contributed by atoms with Crippen molar-refractivity contribution in [3.63, 3.8) is 0 Å². The molecular formula is C11H6ClN3OS. The van der Waals surface area contributed by atoms with Crippen LogP contribution in [0.2, 0.25) is 5.02 Å². The van der Waals surface area contributed by atoms with Crippen molar-refractivity contribution >= 4 is 34.0 Å². The first-order valence-electron chi connectivity index (χ1n) is 4.84. The molecule has 0 amide bonds. The molecule has 2 heterocycles. The predicted molar refractivity (Wildman–Crippen MR) is 67.4 cm³/mol. The van der Waals surface area contributed by atoms with E-state index in [1.165, 1.54) is 22.2 Å². The summed E-state index contributed by atoms with van der Waals surface area (Å²) in [5.74, 6) is 0. The number of hydrogen-bond acceptors (Lipinski definition) is 4. The molecule has 0 N–H and O–H groups in total. The maximum atomic E-state index is 11.9. The van der Waals surface area contributed by atoms with Crippen molar-refractivity contribution in [3.8, 4) is 0 Å². The van der Waals surface area contributed by atoms with Gasteiger partial charge in [-0.25, -0.2) is 4.98 Å². The molecule has 2 aromatic heterocycles. The minimum atomic E-state index is -0.164. The number of thiazole rings is 1. The number of aromatic nitrogens is 3. The van der Waals surface area contributed by atoms with Crippen molar-refractivity contribution in [2.45, 2.75) is 0 Å². The predicted octanol–water partition coefficient (Wildman–Crippen LogP) is 1.35. The Hall–Kier alpha value is -1.72. The third-order valence-electron chi connectivity index (χ3n) is 2.31. The molecule has 0 radical (unpaired) electrons. The molecule has 0 saturated heterocycles. The van der Waals surface area contributed by atoms with Gasteiger partial charge in [0, 0.05) is 5.02 Å². The Morgan fingerprint density at radius 3 is 2.94 bits per heavy atom. The SMILES string of the molecule is O=c1/c(=C\c2ccccc2Cl)sc2ncnn12. The van der Waals surface area contributed by atoms with E-state index in [1.54, 1.807) is 12.1 Å². The standard InChI is InChI=1S/C11H6ClN3OS/c12-8-4-2-1-3-7(8)5-9-10(16)15-11(17-9)13-6-14-15/h1-6H/b9-5+. The monoisotopic (exact) mass is 263 g/mol. The van der Waals surface area contributed by atoms with Gasteiger partial charge >= 0.3 is 0 Å². The molecule has 0 spiro atoms. The summed E-state index contributed by atoms with van der Waals surface area (Å²) in [7, 11) is 0. The molecule has 0 unspecified atom stereocenters. The van der Waals surface area contributed by atoms with Crippen LogP contribution >= 0.6 is 22.9 Å². The van der Waals surface area contributed by atoms with Crippen molar-refractivity contribution in [1.29, 1.82) is 0 Å². The maximum absolute atomic E-state index is 11.9. The smallest absolute Gasteiger partial charge is 0.266 e. The molecule has 0 fully saturated rings. The second-order valence-electron chi connectivity index (χ2n) is 3.39. The number of rotatable bonds is 1. The third-order valence-corrected chi connectivity index (χ3v) is 3.63. The van der Waals surface area contributed by atoms with Crippen LogP contribution in [0.25, 0.3) is 11.0 Å². The molecule has 1 aromatic carbocycles. The van der Waals surface area contributed by atoms with E-state index in [2.05, 4.69) is 10.1 Å². The Balaban J connectivity index is 2.28. The van der Waals surface area contributed by atoms with Gasteiger partial charge in [-0.15, -0.1) is 0 Å². The van der Waals surface area contributed by atoms with E-state index in [9.17, 15) is 4.79 Å². The third kappa shape index (κ3) is 1.73. The van der Waals surface area contributed by atoms with E-state index < -0.39 is 0 Å². The lowest BCUT2D eigenvalue weighted by Gasteiger charge is -1.94. The largest absolute Gasteiger partial charge is 0.291 e. The average Bonchev–Trinajstić information content (AvgIpc) is 2.87. The second-order valence-corrected chi connectivity index (χ2v) is 4.81. The van der Waals surface area contributed by atoms with Gasteiger partial charge in [0.25, 0.3) is 5.56 Å². The number of nitrogens with zero attached hydrogens (tertiary/aromatic N) is 3. The van der Waals surface area contributed by atoms with Crippen LogP contribution in [0.3, 0.4) is 0 Å². The molecule has 4 nitrogen and oxygen atoms in total. The Labute approximate surface area is 105 Å². The van der Waals surface area contributed by atoms with E-state index >= 15 is 0 Å². The van der Waals surface area contributed by atoms with Gasteiger partial charge in [0.2, 0.25) is 4.96 Å². The highest BCUT2D eigenvalue weighted by Crippen LogP contribution is 2.15. The van der Waals surface area contributed by atoms with E-state index in [0.717, 1.165) is 5.56 Å². The highest BCUT2D eigenvalue weighted by atomic mass is 35.5. The first-order valence-corrected chi connectivity index (χ1v) is 6.04. The number of fused-ring (bicyclic) bond motifs is 1. The van der Waals surface area contributed by atoms with Gasteiger partial charge in [-0.3, -0.25) is 4.79 Å². The van der Waals surface area contributed by atoms with Crippen LogP contribution in [0, 0.1) is 0 Å². The minimum absolute atomic E-state index is 0.164. The molecule has 0 aliphatic heterocycles. The van der Waals surface area contributed by atoms with Gasteiger partial charge in [-0.2, -0.15) is 9.61 Å². The molecule has 84 valence electrons. The lowest BCUT2D eigenvalue weighted by molar-refractivity contribution is 0.932. The molecular weight excluding hydrogens is 258 g/mol. The maximum Gasteiger partial charge on any atom is 0.291 e. The molecule has 0 aliphatic carbocycles. The molecule has 3 aromatic rings. The zero-order valence-corrected chi connectivity index (χ0v) is 10.1. The first kappa shape index (κ1) is 10.4. The first-order chi connectivity index (χ1) is 8.25. The van der Waals surface area contributed by atoms with Crippen LogP contribution in [0.1, 0.15) is 5.56 Å². The topological polar surface area (TPSA) is 47.3 Å². The van der Waals surface area contributed by atoms with Crippen LogP contribution < -0.4 is 10.1 Å². The van der Waals surface area contributed by atoms with Gasteiger partial charge in [-0.05, 0) is 17.7 Å². The molecule has 0 atom stereocenters. The van der Waals surface area contributed by atoms with E-state index in [0.29, 0.717) is 14.5 Å². The van der Waals surface area contributed by atoms with Crippen LogP contribution in [0.4, 0.5) is 0 Å². The summed E-state index contributed by atoms with van der Waals surface area (Å²) >= 11 is 7.33. The molecule has 0 bridgehead atoms. The minimum Gasteiger partial charge on any atom is -0.266 e. The summed E-state index contributed by atoms with van der Waals surface area (Å²) < 4.78 is 1.86. The summed E-state index contributed by atoms with van der Waals surface area (Å²) in [5.41, 5.74) is 0.651. The zero-order valence-electron chi connectivity index (χ0n) is 8.50. The Bertz CT molecular complexity index is 793. The van der Waals surface area contributed by atoms with Crippen molar-refractivity contribution in [2.75, 3.05) is 0 Å². The van der Waals surface area contributed by atoms with Gasteiger partial charge in [0.15, 0.2) is 0 Å². The van der Waals surface area contributed by atoms with Crippen molar-refractivity contribution in [2.24, 2.45) is 0 Å². The molecule has 17 heavy (non-hydrogen) atoms. The Morgan fingerprint density at radius 1 is 1.35 bits per heavy atom. The summed E-state index contributed by atoms with van der Waals surface area (Å²) in [5, 5.41) is 4.47.